The number of aryl methyl sites for hydroxylation is 1. The number of nitro groups is 1. The first-order valence-electron chi connectivity index (χ1n) is 18.3. The highest BCUT2D eigenvalue weighted by Gasteiger charge is 2.55. The molecule has 0 radical (unpaired) electrons. The third-order valence-corrected chi connectivity index (χ3v) is 9.84. The van der Waals surface area contributed by atoms with E-state index in [4.69, 9.17) is 24.4 Å². The highest BCUT2D eigenvalue weighted by molar-refractivity contribution is 5.65. The fraction of sp³-hybridized carbons (Fsp3) is 0.400. The van der Waals surface area contributed by atoms with Crippen LogP contribution in [0.1, 0.15) is 71.4 Å². The van der Waals surface area contributed by atoms with Crippen molar-refractivity contribution in [2.45, 2.75) is 73.2 Å². The summed E-state index contributed by atoms with van der Waals surface area (Å²) in [6.45, 7) is 17.8. The normalized spacial score (nSPS) is 19.4. The van der Waals surface area contributed by atoms with Crippen molar-refractivity contribution in [2.24, 2.45) is 26.4 Å². The fourth-order valence-electron chi connectivity index (χ4n) is 6.92. The third-order valence-electron chi connectivity index (χ3n) is 9.84. The van der Waals surface area contributed by atoms with Crippen LogP contribution in [0.3, 0.4) is 0 Å². The van der Waals surface area contributed by atoms with Crippen molar-refractivity contribution in [2.75, 3.05) is 36.0 Å². The first-order valence-corrected chi connectivity index (χ1v) is 18.3. The summed E-state index contributed by atoms with van der Waals surface area (Å²) in [4.78, 5) is 15.9. The zero-order valence-corrected chi connectivity index (χ0v) is 31.0. The van der Waals surface area contributed by atoms with Gasteiger partial charge in [-0.3, -0.25) is 10.1 Å². The Morgan fingerprint density at radius 1 is 0.673 bits per heavy atom. The van der Waals surface area contributed by atoms with Gasteiger partial charge in [0.1, 0.15) is 17.1 Å². The van der Waals surface area contributed by atoms with Gasteiger partial charge >= 0.3 is 5.97 Å². The quantitative estimate of drug-likeness (QED) is 0.138. The van der Waals surface area contributed by atoms with E-state index in [2.05, 4.69) is 59.9 Å². The maximum atomic E-state index is 11.8. The zero-order valence-electron chi connectivity index (χ0n) is 31.0. The van der Waals surface area contributed by atoms with Gasteiger partial charge in [-0.1, -0.05) is 19.9 Å². The van der Waals surface area contributed by atoms with Gasteiger partial charge in [-0.2, -0.15) is 5.11 Å². The van der Waals surface area contributed by atoms with Crippen LogP contribution in [0.25, 0.3) is 0 Å². The van der Waals surface area contributed by atoms with Crippen LogP contribution in [0.4, 0.5) is 39.8 Å². The SMILES string of the molecule is CC.CCN(CC)c1ccc2c(c1)OC1(Oc3ccc([N+](=O)[O-])cc3N=N2)Oc2ccc(C)cc2N=Nc2ccc(N(CC)CC)cc2C2CC1C2. The number of benzene rings is 4. The van der Waals surface area contributed by atoms with Gasteiger partial charge < -0.3 is 24.0 Å². The summed E-state index contributed by atoms with van der Waals surface area (Å²) >= 11 is 0. The monoisotopic (exact) mass is 705 g/mol. The molecular weight excluding hydrogens is 658 g/mol. The molecule has 2 bridgehead atoms. The standard InChI is InChI=1S/C38H41N7O5.C2H6/c1-6-43(7-2)27-11-14-31-30(21-27)25-19-26(20-25)38(48-35-16-10-24(5)18-33(35)41-39-31)49-36-17-13-29(45(46)47)22-34(36)42-40-32-15-12-28(23-37(32)50-38)44(8-3)9-4;1-2/h10-18,21-23,25-26H,6-9,19-20H2,1-5H3;1-2H3. The van der Waals surface area contributed by atoms with E-state index in [9.17, 15) is 10.1 Å². The number of hydrogen-bond acceptors (Lipinski definition) is 11. The topological polar surface area (TPSA) is 127 Å². The lowest BCUT2D eigenvalue weighted by atomic mass is 9.69. The molecule has 52 heavy (non-hydrogen) atoms. The molecule has 4 aromatic rings. The summed E-state index contributed by atoms with van der Waals surface area (Å²) in [5.41, 5.74) is 5.99. The van der Waals surface area contributed by atoms with Gasteiger partial charge in [0.15, 0.2) is 17.2 Å². The van der Waals surface area contributed by atoms with Gasteiger partial charge in [-0.15, -0.1) is 15.3 Å². The average Bonchev–Trinajstić information content (AvgIpc) is 3.16. The molecule has 272 valence electrons. The molecular formula is C40H47N7O5. The molecule has 4 aliphatic rings. The van der Waals surface area contributed by atoms with Crippen molar-refractivity contribution < 1.29 is 19.1 Å². The van der Waals surface area contributed by atoms with E-state index in [-0.39, 0.29) is 29.0 Å². The van der Waals surface area contributed by atoms with E-state index < -0.39 is 10.9 Å². The summed E-state index contributed by atoms with van der Waals surface area (Å²) < 4.78 is 20.8. The number of nitro benzene ring substituents is 1. The number of non-ortho nitro benzene ring substituents is 1. The van der Waals surface area contributed by atoms with Crippen molar-refractivity contribution in [1.29, 1.82) is 0 Å². The average molecular weight is 706 g/mol. The molecule has 4 aromatic carbocycles. The number of rotatable bonds is 7. The van der Waals surface area contributed by atoms with Crippen molar-refractivity contribution in [1.82, 2.24) is 0 Å². The molecule has 0 saturated heterocycles. The highest BCUT2D eigenvalue weighted by atomic mass is 16.9. The van der Waals surface area contributed by atoms with E-state index in [0.717, 1.165) is 54.4 Å². The maximum Gasteiger partial charge on any atom is 0.420 e. The van der Waals surface area contributed by atoms with Crippen LogP contribution in [0, 0.1) is 23.0 Å². The Labute approximate surface area is 305 Å². The second-order valence-electron chi connectivity index (χ2n) is 12.8. The summed E-state index contributed by atoms with van der Waals surface area (Å²) in [6, 6.07) is 22.1. The second-order valence-corrected chi connectivity index (χ2v) is 12.8. The van der Waals surface area contributed by atoms with E-state index >= 15 is 0 Å². The van der Waals surface area contributed by atoms with E-state index in [1.807, 2.05) is 63.2 Å². The Hall–Kier alpha value is -5.52. The molecule has 1 aliphatic carbocycles. The zero-order chi connectivity index (χ0) is 37.0. The number of azo groups is 2. The summed E-state index contributed by atoms with van der Waals surface area (Å²) in [5, 5.41) is 30.3. The predicted octanol–water partition coefficient (Wildman–Crippen LogP) is 11.5. The molecule has 12 heteroatoms. The molecule has 12 nitrogen and oxygen atoms in total. The van der Waals surface area contributed by atoms with Crippen molar-refractivity contribution in [3.63, 3.8) is 0 Å². The number of anilines is 2. The van der Waals surface area contributed by atoms with Gasteiger partial charge in [0.05, 0.1) is 16.5 Å². The van der Waals surface area contributed by atoms with Crippen molar-refractivity contribution in [3.05, 3.63) is 94.0 Å². The van der Waals surface area contributed by atoms with E-state index in [1.165, 1.54) is 18.2 Å². The van der Waals surface area contributed by atoms with E-state index in [1.54, 1.807) is 0 Å². The summed E-state index contributed by atoms with van der Waals surface area (Å²) in [5.74, 6) is -0.805. The summed E-state index contributed by atoms with van der Waals surface area (Å²) in [6.07, 6.45) is 1.32. The van der Waals surface area contributed by atoms with Crippen LogP contribution < -0.4 is 24.0 Å². The number of hydrogen-bond donors (Lipinski definition) is 0. The molecule has 3 heterocycles. The van der Waals surface area contributed by atoms with Gasteiger partial charge in [-0.05, 0) is 113 Å². The van der Waals surface area contributed by atoms with Crippen LogP contribution in [-0.2, 0) is 0 Å². The lowest BCUT2D eigenvalue weighted by molar-refractivity contribution is -0.384. The van der Waals surface area contributed by atoms with Crippen LogP contribution >= 0.6 is 0 Å². The molecule has 1 fully saturated rings. The molecule has 1 saturated carbocycles. The fourth-order valence-corrected chi connectivity index (χ4v) is 6.92. The lowest BCUT2D eigenvalue weighted by Gasteiger charge is -2.46. The predicted molar refractivity (Wildman–Crippen MR) is 204 cm³/mol. The molecule has 8 rings (SSSR count). The molecule has 0 aromatic heterocycles. The Bertz CT molecular complexity index is 1990. The first-order chi connectivity index (χ1) is 25.2. The minimum atomic E-state index is -1.73. The number of fused-ring (bicyclic) bond motifs is 2. The molecule has 0 N–H and O–H groups in total. The Kier molecular flexibility index (Phi) is 10.7. The number of ether oxygens (including phenoxy) is 3. The largest absolute Gasteiger partial charge is 0.420 e. The maximum absolute atomic E-state index is 11.8. The van der Waals surface area contributed by atoms with Gasteiger partial charge in [-0.25, -0.2) is 0 Å². The molecule has 1 unspecified atom stereocenters. The van der Waals surface area contributed by atoms with Gasteiger partial charge in [0, 0.05) is 55.8 Å². The molecule has 1 atom stereocenters. The van der Waals surface area contributed by atoms with Crippen LogP contribution in [-0.4, -0.2) is 37.1 Å². The minimum Gasteiger partial charge on any atom is -0.418 e. The van der Waals surface area contributed by atoms with Crippen LogP contribution in [0.2, 0.25) is 0 Å². The first kappa shape index (κ1) is 36.3. The van der Waals surface area contributed by atoms with Gasteiger partial charge in [0.2, 0.25) is 0 Å². The number of nitrogens with zero attached hydrogens (tertiary/aromatic N) is 7. The minimum absolute atomic E-state index is 0.125. The Morgan fingerprint density at radius 2 is 1.19 bits per heavy atom. The molecule has 1 spiro atoms. The third kappa shape index (κ3) is 7.02. The second kappa shape index (κ2) is 15.4. The highest BCUT2D eigenvalue weighted by Crippen LogP contribution is 2.55. The molecule has 3 aliphatic heterocycles. The van der Waals surface area contributed by atoms with Crippen LogP contribution in [0.15, 0.2) is 93.3 Å². The Morgan fingerprint density at radius 3 is 1.81 bits per heavy atom. The molecule has 0 amide bonds. The van der Waals surface area contributed by atoms with Crippen molar-refractivity contribution in [3.8, 4) is 17.2 Å². The Balaban J connectivity index is 0.00000228. The smallest absolute Gasteiger partial charge is 0.418 e. The van der Waals surface area contributed by atoms with Crippen molar-refractivity contribution >= 4 is 39.8 Å². The lowest BCUT2D eigenvalue weighted by Crippen LogP contribution is -2.58. The van der Waals surface area contributed by atoms with Gasteiger partial charge in [0.25, 0.3) is 5.69 Å². The van der Waals surface area contributed by atoms with Crippen LogP contribution in [0.5, 0.6) is 17.2 Å². The van der Waals surface area contributed by atoms with E-state index in [0.29, 0.717) is 35.7 Å². The summed E-state index contributed by atoms with van der Waals surface area (Å²) in [7, 11) is 0.